The fourth-order valence-corrected chi connectivity index (χ4v) is 2.77. The maximum atomic E-state index is 11.9. The number of hydrogen-bond donors (Lipinski definition) is 1. The second kappa shape index (κ2) is 8.83. The Morgan fingerprint density at radius 3 is 2.62 bits per heavy atom. The first-order valence-electron chi connectivity index (χ1n) is 8.79. The molecule has 0 aliphatic rings. The molecule has 0 saturated heterocycles. The van der Waals surface area contributed by atoms with E-state index in [0.29, 0.717) is 22.8 Å². The third-order valence-corrected chi connectivity index (χ3v) is 3.94. The molecular weight excluding hydrogens is 374 g/mol. The quantitative estimate of drug-likeness (QED) is 0.371. The van der Waals surface area contributed by atoms with Gasteiger partial charge in [0.2, 0.25) is 0 Å². The molecule has 0 spiro atoms. The lowest BCUT2D eigenvalue weighted by Gasteiger charge is -2.07. The normalized spacial score (nSPS) is 10.8. The molecule has 1 N–H and O–H groups in total. The minimum absolute atomic E-state index is 0.0535. The summed E-state index contributed by atoms with van der Waals surface area (Å²) >= 11 is 0. The highest BCUT2D eigenvalue weighted by Gasteiger charge is 2.16. The molecule has 0 aliphatic carbocycles. The first-order valence-corrected chi connectivity index (χ1v) is 8.79. The van der Waals surface area contributed by atoms with Crippen molar-refractivity contribution in [1.82, 2.24) is 5.43 Å². The van der Waals surface area contributed by atoms with Gasteiger partial charge in [-0.05, 0) is 55.3 Å². The Labute approximate surface area is 167 Å². The summed E-state index contributed by atoms with van der Waals surface area (Å²) in [5.41, 5.74) is 4.75. The van der Waals surface area contributed by atoms with Gasteiger partial charge in [0.15, 0.2) is 6.61 Å². The summed E-state index contributed by atoms with van der Waals surface area (Å²) in [7, 11) is 0. The van der Waals surface area contributed by atoms with Crippen molar-refractivity contribution in [3.8, 4) is 17.1 Å². The lowest BCUT2D eigenvalue weighted by Crippen LogP contribution is -2.24. The van der Waals surface area contributed by atoms with Crippen molar-refractivity contribution in [3.63, 3.8) is 0 Å². The van der Waals surface area contributed by atoms with Crippen LogP contribution < -0.4 is 10.2 Å². The van der Waals surface area contributed by atoms with E-state index in [9.17, 15) is 14.9 Å². The van der Waals surface area contributed by atoms with Crippen LogP contribution in [0.4, 0.5) is 5.69 Å². The summed E-state index contributed by atoms with van der Waals surface area (Å²) in [5, 5.41) is 14.9. The number of carbonyl (C=O) groups excluding carboxylic acids is 1. The zero-order chi connectivity index (χ0) is 20.8. The van der Waals surface area contributed by atoms with E-state index in [1.807, 2.05) is 32.0 Å². The van der Waals surface area contributed by atoms with Gasteiger partial charge in [0.1, 0.15) is 17.3 Å². The first-order chi connectivity index (χ1) is 13.9. The standard InChI is InChI=1S/C21H19N3O5/c1-14-9-15(2)11-17(10-14)28-13-21(25)23-22-12-16-7-8-20(29-16)18-5-3-4-6-19(18)24(26)27/h3-12H,13H2,1-2H3,(H,23,25). The highest BCUT2D eigenvalue weighted by atomic mass is 16.6. The van der Waals surface area contributed by atoms with Gasteiger partial charge in [-0.15, -0.1) is 0 Å². The van der Waals surface area contributed by atoms with Gasteiger partial charge in [0.05, 0.1) is 16.7 Å². The molecule has 0 bridgehead atoms. The predicted octanol–water partition coefficient (Wildman–Crippen LogP) is 4.00. The molecule has 148 valence electrons. The van der Waals surface area contributed by atoms with Crippen molar-refractivity contribution < 1.29 is 18.9 Å². The summed E-state index contributed by atoms with van der Waals surface area (Å²) in [6, 6.07) is 15.2. The summed E-state index contributed by atoms with van der Waals surface area (Å²) in [5.74, 6) is 0.865. The maximum absolute atomic E-state index is 11.9. The molecule has 0 saturated carbocycles. The number of hydrazone groups is 1. The zero-order valence-electron chi connectivity index (χ0n) is 15.9. The van der Waals surface area contributed by atoms with Gasteiger partial charge in [-0.3, -0.25) is 14.9 Å². The fourth-order valence-electron chi connectivity index (χ4n) is 2.77. The number of furan rings is 1. The SMILES string of the molecule is Cc1cc(C)cc(OCC(=O)NN=Cc2ccc(-c3ccccc3[N+](=O)[O-])o2)c1. The minimum atomic E-state index is -0.471. The van der Waals surface area contributed by atoms with Gasteiger partial charge in [-0.1, -0.05) is 18.2 Å². The van der Waals surface area contributed by atoms with Crippen molar-refractivity contribution >= 4 is 17.8 Å². The number of hydrogen-bond acceptors (Lipinski definition) is 6. The lowest BCUT2D eigenvalue weighted by atomic mass is 10.1. The van der Waals surface area contributed by atoms with Crippen LogP contribution >= 0.6 is 0 Å². The molecule has 8 nitrogen and oxygen atoms in total. The molecule has 8 heteroatoms. The number of nitrogens with zero attached hydrogens (tertiary/aromatic N) is 2. The van der Waals surface area contributed by atoms with E-state index >= 15 is 0 Å². The summed E-state index contributed by atoms with van der Waals surface area (Å²) in [4.78, 5) is 22.5. The summed E-state index contributed by atoms with van der Waals surface area (Å²) in [6.45, 7) is 3.72. The van der Waals surface area contributed by atoms with E-state index in [4.69, 9.17) is 9.15 Å². The van der Waals surface area contributed by atoms with Gasteiger partial charge in [0.25, 0.3) is 11.6 Å². The molecular formula is C21H19N3O5. The number of nitro benzene ring substituents is 1. The molecule has 3 rings (SSSR count). The van der Waals surface area contributed by atoms with E-state index in [1.165, 1.54) is 12.3 Å². The molecule has 3 aromatic rings. The van der Waals surface area contributed by atoms with Crippen molar-refractivity contribution in [3.05, 3.63) is 81.6 Å². The molecule has 1 amide bonds. The first kappa shape index (κ1) is 19.8. The maximum Gasteiger partial charge on any atom is 0.280 e. The van der Waals surface area contributed by atoms with Crippen molar-refractivity contribution in [1.29, 1.82) is 0 Å². The molecule has 1 aromatic heterocycles. The van der Waals surface area contributed by atoms with Crippen LogP contribution in [0.2, 0.25) is 0 Å². The molecule has 0 aliphatic heterocycles. The Balaban J connectivity index is 1.57. The Hall–Kier alpha value is -3.94. The number of aryl methyl sites for hydroxylation is 2. The topological polar surface area (TPSA) is 107 Å². The van der Waals surface area contributed by atoms with Gasteiger partial charge in [-0.25, -0.2) is 5.43 Å². The van der Waals surface area contributed by atoms with E-state index in [2.05, 4.69) is 10.5 Å². The van der Waals surface area contributed by atoms with Crippen LogP contribution in [0.3, 0.4) is 0 Å². The average molecular weight is 393 g/mol. The van der Waals surface area contributed by atoms with E-state index in [1.54, 1.807) is 30.3 Å². The van der Waals surface area contributed by atoms with Crippen LogP contribution in [0.5, 0.6) is 5.75 Å². The minimum Gasteiger partial charge on any atom is -0.484 e. The van der Waals surface area contributed by atoms with E-state index in [-0.39, 0.29) is 12.3 Å². The highest BCUT2D eigenvalue weighted by molar-refractivity contribution is 5.82. The zero-order valence-corrected chi connectivity index (χ0v) is 15.9. The second-order valence-electron chi connectivity index (χ2n) is 6.38. The predicted molar refractivity (Wildman–Crippen MR) is 108 cm³/mol. The number of benzene rings is 2. The summed E-state index contributed by atoms with van der Waals surface area (Å²) < 4.78 is 11.0. The van der Waals surface area contributed by atoms with Crippen molar-refractivity contribution in [2.75, 3.05) is 6.61 Å². The molecule has 29 heavy (non-hydrogen) atoms. The fraction of sp³-hybridized carbons (Fsp3) is 0.143. The van der Waals surface area contributed by atoms with Crippen LogP contribution in [0, 0.1) is 24.0 Å². The van der Waals surface area contributed by atoms with E-state index < -0.39 is 10.8 Å². The van der Waals surface area contributed by atoms with Crippen LogP contribution in [0.25, 0.3) is 11.3 Å². The third-order valence-electron chi connectivity index (χ3n) is 3.94. The molecule has 0 radical (unpaired) electrons. The number of nitro groups is 1. The van der Waals surface area contributed by atoms with Crippen molar-refractivity contribution in [2.24, 2.45) is 5.10 Å². The largest absolute Gasteiger partial charge is 0.484 e. The lowest BCUT2D eigenvalue weighted by molar-refractivity contribution is -0.384. The second-order valence-corrected chi connectivity index (χ2v) is 6.38. The van der Waals surface area contributed by atoms with Gasteiger partial charge in [0, 0.05) is 6.07 Å². The monoisotopic (exact) mass is 393 g/mol. The Morgan fingerprint density at radius 1 is 1.17 bits per heavy atom. The van der Waals surface area contributed by atoms with Crippen LogP contribution in [0.15, 0.2) is 64.1 Å². The number of amides is 1. The number of carbonyl (C=O) groups is 1. The smallest absolute Gasteiger partial charge is 0.280 e. The summed E-state index contributed by atoms with van der Waals surface area (Å²) in [6.07, 6.45) is 1.31. The van der Waals surface area contributed by atoms with Crippen LogP contribution in [0.1, 0.15) is 16.9 Å². The van der Waals surface area contributed by atoms with E-state index in [0.717, 1.165) is 11.1 Å². The van der Waals surface area contributed by atoms with Crippen LogP contribution in [-0.2, 0) is 4.79 Å². The number of para-hydroxylation sites is 1. The third kappa shape index (κ3) is 5.29. The highest BCUT2D eigenvalue weighted by Crippen LogP contribution is 2.30. The van der Waals surface area contributed by atoms with Crippen molar-refractivity contribution in [2.45, 2.75) is 13.8 Å². The molecule has 2 aromatic carbocycles. The molecule has 0 unspecified atom stereocenters. The molecule has 0 fully saturated rings. The number of ether oxygens (including phenoxy) is 1. The Bertz CT molecular complexity index is 1050. The van der Waals surface area contributed by atoms with Gasteiger partial charge in [-0.2, -0.15) is 5.10 Å². The Kier molecular flexibility index (Phi) is 6.03. The number of rotatable bonds is 7. The van der Waals surface area contributed by atoms with Gasteiger partial charge < -0.3 is 9.15 Å². The number of nitrogens with one attached hydrogen (secondary N) is 1. The molecule has 1 heterocycles. The van der Waals surface area contributed by atoms with Gasteiger partial charge >= 0.3 is 0 Å². The van der Waals surface area contributed by atoms with Crippen LogP contribution in [-0.4, -0.2) is 23.7 Å². The average Bonchev–Trinajstić information content (AvgIpc) is 3.14. The molecule has 0 atom stereocenters. The Morgan fingerprint density at radius 2 is 1.90 bits per heavy atom.